The first kappa shape index (κ1) is 72.4. The van der Waals surface area contributed by atoms with Gasteiger partial charge in [-0.3, -0.25) is 0 Å². The van der Waals surface area contributed by atoms with Gasteiger partial charge in [0.15, 0.2) is 0 Å². The van der Waals surface area contributed by atoms with Gasteiger partial charge in [-0.25, -0.2) is 0 Å². The highest BCUT2D eigenvalue weighted by Gasteiger charge is 2.28. The van der Waals surface area contributed by atoms with E-state index in [0.29, 0.717) is 89.0 Å². The molecule has 8 nitrogen and oxygen atoms in total. The summed E-state index contributed by atoms with van der Waals surface area (Å²) in [7, 11) is 0. The maximum Gasteiger partial charge on any atom is 0.122 e. The fraction of sp³-hybridized carbons (Fsp3) is 0.455. The van der Waals surface area contributed by atoms with Gasteiger partial charge in [-0.15, -0.1) is 0 Å². The predicted octanol–water partition coefficient (Wildman–Crippen LogP) is 22.3. The molecule has 8 heteroatoms. The van der Waals surface area contributed by atoms with Crippen LogP contribution >= 0.6 is 0 Å². The van der Waals surface area contributed by atoms with E-state index in [2.05, 4.69) is 203 Å². The van der Waals surface area contributed by atoms with Crippen LogP contribution in [0.5, 0.6) is 46.0 Å². The summed E-state index contributed by atoms with van der Waals surface area (Å²) in [6.45, 7) is 37.0. The zero-order chi connectivity index (χ0) is 69.9. The van der Waals surface area contributed by atoms with E-state index in [1.807, 2.05) is 12.1 Å². The average Bonchev–Trinajstić information content (AvgIpc) is 0.795. The minimum atomic E-state index is 0.0819. The van der Waals surface area contributed by atoms with Gasteiger partial charge >= 0.3 is 0 Å². The van der Waals surface area contributed by atoms with E-state index in [-0.39, 0.29) is 151 Å². The summed E-state index contributed by atoms with van der Waals surface area (Å²) in [5.74, 6) is 2.10. The first-order valence-corrected chi connectivity index (χ1v) is 36.4. The number of benzene rings is 8. The van der Waals surface area contributed by atoms with E-state index in [1.54, 1.807) is 0 Å². The van der Waals surface area contributed by atoms with E-state index < -0.39 is 0 Å². The maximum atomic E-state index is 12.8. The molecule has 0 saturated heterocycles. The average molecular weight is 1300 g/mol. The van der Waals surface area contributed by atoms with Gasteiger partial charge in [-0.2, -0.15) is 0 Å². The maximum absolute atomic E-state index is 12.8. The molecule has 7 unspecified atom stereocenters. The number of phenolic OH excluding ortho intramolecular Hbond substituents is 8. The second-order valence-corrected chi connectivity index (χ2v) is 30.0. The summed E-state index contributed by atoms with van der Waals surface area (Å²) in [4.78, 5) is 0. The van der Waals surface area contributed by atoms with Gasteiger partial charge < -0.3 is 40.9 Å². The topological polar surface area (TPSA) is 162 Å². The summed E-state index contributed by atoms with van der Waals surface area (Å²) in [5.41, 5.74) is 19.0. The Hall–Kier alpha value is -7.84. The molecule has 96 heavy (non-hydrogen) atoms. The molecule has 8 N–H and O–H groups in total. The number of fused-ring (bicyclic) bond motifs is 16. The van der Waals surface area contributed by atoms with Crippen molar-refractivity contribution < 1.29 is 40.9 Å². The van der Waals surface area contributed by atoms with Crippen molar-refractivity contribution in [2.45, 2.75) is 255 Å². The van der Waals surface area contributed by atoms with Crippen molar-refractivity contribution in [3.63, 3.8) is 0 Å². The van der Waals surface area contributed by atoms with Crippen molar-refractivity contribution in [1.29, 1.82) is 0 Å². The molecule has 0 spiro atoms. The molecule has 1 aliphatic rings. The lowest BCUT2D eigenvalue weighted by atomic mass is 9.83. The predicted molar refractivity (Wildman–Crippen MR) is 397 cm³/mol. The quantitative estimate of drug-likeness (QED) is 0.0503. The third-order valence-corrected chi connectivity index (χ3v) is 22.6. The lowest BCUT2D eigenvalue weighted by Gasteiger charge is -2.23. The summed E-state index contributed by atoms with van der Waals surface area (Å²) in [5, 5.41) is 102. The highest BCUT2D eigenvalue weighted by molar-refractivity contribution is 5.61. The summed E-state index contributed by atoms with van der Waals surface area (Å²) < 4.78 is 0. The zero-order valence-electron chi connectivity index (χ0n) is 60.9. The highest BCUT2D eigenvalue weighted by Crippen LogP contribution is 2.46. The molecule has 0 aromatic heterocycles. The molecule has 8 aromatic rings. The minimum Gasteiger partial charge on any atom is -0.507 e. The van der Waals surface area contributed by atoms with Crippen molar-refractivity contribution in [3.05, 3.63) is 231 Å². The Bertz CT molecular complexity index is 4100. The van der Waals surface area contributed by atoms with Gasteiger partial charge in [-0.05, 0) is 225 Å². The SMILES string of the molecule is CCC(C)c1cc2c(O)c(c1)Cc1cc(C(C)CC)cc(c1O)Cc1cc(C(C)CC)cc(c1O)Cc1cc(C(C)CC)cc(c1O)Cc1cc(C(C)CC)cc(c1O)Cc1cc(C(C)C(C)C)cc(c1O)Cc1cc(C(C)CC)cc(c1O)Cc1cc(C(C)C)cc(c1O)C2. The van der Waals surface area contributed by atoms with Crippen molar-refractivity contribution >= 4 is 0 Å². The van der Waals surface area contributed by atoms with Crippen LogP contribution in [0.4, 0.5) is 0 Å². The van der Waals surface area contributed by atoms with E-state index >= 15 is 0 Å². The second-order valence-electron chi connectivity index (χ2n) is 30.0. The first-order chi connectivity index (χ1) is 45.6. The van der Waals surface area contributed by atoms with Crippen molar-refractivity contribution in [2.75, 3.05) is 0 Å². The monoisotopic (exact) mass is 1300 g/mol. The van der Waals surface area contributed by atoms with Crippen molar-refractivity contribution in [3.8, 4) is 46.0 Å². The first-order valence-electron chi connectivity index (χ1n) is 36.4. The standard InChI is InChI=1S/C88H112O8/c1-18-50(11)58-26-67-40-65-24-57(49(9)10)25-66(81(65)89)41-68-27-59(51(12)19-2)36-77(83(68)91)46-79-38-64(56(17)48(7)8)39-80(88(79)96)47-78-37-63(55(16)23-6)35-76(87(78)95)45-75-34-62(54(15)22-5)33-74(86(75)94)44-73-32-61(53(14)21-4)31-72(85(73)93)43-71-30-60(52(13)20-3)29-70(84(71)92)42-69(28-58)82(67)90/h24-39,48-56,89-96H,18-23,40-47H2,1-17H3. The lowest BCUT2D eigenvalue weighted by molar-refractivity contribution is 0.451. The summed E-state index contributed by atoms with van der Waals surface area (Å²) in [6.07, 6.45) is 6.92. The van der Waals surface area contributed by atoms with Gasteiger partial charge in [0, 0.05) is 51.4 Å². The van der Waals surface area contributed by atoms with Gasteiger partial charge in [0.25, 0.3) is 0 Å². The second kappa shape index (κ2) is 30.7. The number of hydrogen-bond acceptors (Lipinski definition) is 8. The Kier molecular flexibility index (Phi) is 23.2. The molecule has 8 aromatic carbocycles. The molecular weight excluding hydrogens is 1180 g/mol. The Labute approximate surface area is 575 Å². The van der Waals surface area contributed by atoms with Crippen molar-refractivity contribution in [1.82, 2.24) is 0 Å². The molecule has 0 heterocycles. The number of hydrogen-bond donors (Lipinski definition) is 8. The van der Waals surface area contributed by atoms with Crippen LogP contribution < -0.4 is 0 Å². The van der Waals surface area contributed by atoms with Gasteiger partial charge in [0.05, 0.1) is 0 Å². The smallest absolute Gasteiger partial charge is 0.122 e. The van der Waals surface area contributed by atoms with E-state index in [9.17, 15) is 40.9 Å². The largest absolute Gasteiger partial charge is 0.507 e. The molecule has 0 fully saturated rings. The van der Waals surface area contributed by atoms with Crippen LogP contribution in [-0.4, -0.2) is 40.9 Å². The van der Waals surface area contributed by atoms with Gasteiger partial charge in [0.2, 0.25) is 0 Å². The fourth-order valence-electron chi connectivity index (χ4n) is 14.2. The molecule has 0 aliphatic heterocycles. The molecule has 0 radical (unpaired) electrons. The zero-order valence-corrected chi connectivity index (χ0v) is 60.9. The van der Waals surface area contributed by atoms with Crippen molar-refractivity contribution in [2.24, 2.45) is 5.92 Å². The fourth-order valence-corrected chi connectivity index (χ4v) is 14.2. The van der Waals surface area contributed by atoms with Crippen LogP contribution in [0.15, 0.2) is 97.1 Å². The Balaban J connectivity index is 1.32. The number of phenols is 8. The Morgan fingerprint density at radius 2 is 0.333 bits per heavy atom. The molecule has 7 atom stereocenters. The third-order valence-electron chi connectivity index (χ3n) is 22.6. The number of rotatable bonds is 15. The van der Waals surface area contributed by atoms with E-state index in [1.165, 1.54) is 0 Å². The lowest BCUT2D eigenvalue weighted by Crippen LogP contribution is -2.07. The third kappa shape index (κ3) is 15.6. The summed E-state index contributed by atoms with van der Waals surface area (Å²) >= 11 is 0. The van der Waals surface area contributed by atoms with Crippen LogP contribution in [0.2, 0.25) is 0 Å². The van der Waals surface area contributed by atoms with E-state index in [4.69, 9.17) is 0 Å². The van der Waals surface area contributed by atoms with Crippen LogP contribution in [0.25, 0.3) is 0 Å². The summed E-state index contributed by atoms with van der Waals surface area (Å²) in [6, 6.07) is 33.2. The minimum absolute atomic E-state index is 0.0819. The van der Waals surface area contributed by atoms with Crippen LogP contribution in [0.3, 0.4) is 0 Å². The van der Waals surface area contributed by atoms with Gasteiger partial charge in [0.1, 0.15) is 46.0 Å². The Morgan fingerprint density at radius 1 is 0.208 bits per heavy atom. The van der Waals surface area contributed by atoms with Crippen LogP contribution in [0, 0.1) is 5.92 Å². The molecule has 1 aliphatic carbocycles. The Morgan fingerprint density at radius 3 is 0.448 bits per heavy atom. The molecular formula is C88H112O8. The van der Waals surface area contributed by atoms with Crippen LogP contribution in [-0.2, 0) is 51.4 Å². The molecule has 0 saturated carbocycles. The normalized spacial score (nSPS) is 15.3. The molecule has 0 amide bonds. The van der Waals surface area contributed by atoms with Gasteiger partial charge in [-0.1, -0.05) is 215 Å². The molecule has 16 bridgehead atoms. The number of aromatic hydroxyl groups is 8. The van der Waals surface area contributed by atoms with Crippen LogP contribution in [0.1, 0.15) is 337 Å². The highest BCUT2D eigenvalue weighted by atomic mass is 16.3. The molecule has 512 valence electrons. The van der Waals surface area contributed by atoms with E-state index in [0.717, 1.165) is 83.0 Å². The molecule has 9 rings (SSSR count).